The van der Waals surface area contributed by atoms with E-state index in [1.165, 1.54) is 11.3 Å². The van der Waals surface area contributed by atoms with Gasteiger partial charge in [0, 0.05) is 23.4 Å². The summed E-state index contributed by atoms with van der Waals surface area (Å²) in [4.78, 5) is 33.6. The first-order chi connectivity index (χ1) is 13.5. The Morgan fingerprint density at radius 3 is 2.66 bits per heavy atom. The molecule has 0 aliphatic rings. The van der Waals surface area contributed by atoms with Crippen LogP contribution < -0.4 is 15.6 Å². The third-order valence-corrected chi connectivity index (χ3v) is 6.19. The van der Waals surface area contributed by atoms with E-state index in [2.05, 4.69) is 20.0 Å². The Kier molecular flexibility index (Phi) is 5.76. The molecule has 3 aromatic rings. The predicted octanol–water partition coefficient (Wildman–Crippen LogP) is 2.85. The summed E-state index contributed by atoms with van der Waals surface area (Å²) in [7, 11) is -3.42. The molecule has 0 bridgehead atoms. The number of anilines is 2. The number of sulfonamides is 1. The largest absolute Gasteiger partial charge is 0.326 e. The van der Waals surface area contributed by atoms with Crippen molar-refractivity contribution in [1.82, 2.24) is 9.97 Å². The minimum atomic E-state index is -3.42. The van der Waals surface area contributed by atoms with E-state index in [0.717, 1.165) is 22.3 Å². The maximum Gasteiger partial charge on any atom is 0.259 e. The minimum absolute atomic E-state index is 0.125. The summed E-state index contributed by atoms with van der Waals surface area (Å²) >= 11 is 1.46. The minimum Gasteiger partial charge on any atom is -0.326 e. The van der Waals surface area contributed by atoms with E-state index < -0.39 is 10.0 Å². The zero-order valence-corrected chi connectivity index (χ0v) is 18.2. The normalized spacial score (nSPS) is 11.6. The Labute approximate surface area is 172 Å². The molecule has 0 fully saturated rings. The molecule has 10 heteroatoms. The van der Waals surface area contributed by atoms with Crippen molar-refractivity contribution >= 4 is 48.9 Å². The topological polar surface area (TPSA) is 121 Å². The molecule has 0 spiro atoms. The summed E-state index contributed by atoms with van der Waals surface area (Å²) in [6, 6.07) is 4.99. The number of hydrogen-bond acceptors (Lipinski definition) is 6. The Bertz CT molecular complexity index is 1260. The Morgan fingerprint density at radius 1 is 1.24 bits per heavy atom. The molecule has 154 valence electrons. The van der Waals surface area contributed by atoms with Gasteiger partial charge in [-0.2, -0.15) is 0 Å². The van der Waals surface area contributed by atoms with E-state index in [9.17, 15) is 18.0 Å². The molecule has 2 aromatic heterocycles. The van der Waals surface area contributed by atoms with Gasteiger partial charge < -0.3 is 10.3 Å². The molecule has 2 heterocycles. The van der Waals surface area contributed by atoms with Gasteiger partial charge in [-0.15, -0.1) is 11.3 Å². The SMILES string of the molecule is Cc1ccc(NC(=O)CCc2nc3sc(C)c(C)c3c(=O)[nH]2)cc1NS(C)(=O)=O. The number of fused-ring (bicyclic) bond motifs is 1. The Hall–Kier alpha value is -2.72. The Morgan fingerprint density at radius 2 is 1.97 bits per heavy atom. The van der Waals surface area contributed by atoms with Gasteiger partial charge in [-0.25, -0.2) is 13.4 Å². The number of aromatic nitrogens is 2. The van der Waals surface area contributed by atoms with Crippen molar-refractivity contribution in [3.8, 4) is 0 Å². The van der Waals surface area contributed by atoms with Gasteiger partial charge in [-0.3, -0.25) is 14.3 Å². The molecule has 0 saturated carbocycles. The second kappa shape index (κ2) is 7.96. The van der Waals surface area contributed by atoms with Crippen molar-refractivity contribution in [2.24, 2.45) is 0 Å². The van der Waals surface area contributed by atoms with Crippen molar-refractivity contribution in [1.29, 1.82) is 0 Å². The highest BCUT2D eigenvalue weighted by atomic mass is 32.2. The fourth-order valence-electron chi connectivity index (χ4n) is 2.88. The van der Waals surface area contributed by atoms with Gasteiger partial charge in [-0.05, 0) is 44.0 Å². The van der Waals surface area contributed by atoms with Crippen LogP contribution in [0.2, 0.25) is 0 Å². The van der Waals surface area contributed by atoms with Crippen LogP contribution in [0.1, 0.15) is 28.2 Å². The molecular weight excluding hydrogens is 412 g/mol. The van der Waals surface area contributed by atoms with Crippen molar-refractivity contribution in [2.45, 2.75) is 33.6 Å². The highest BCUT2D eigenvalue weighted by molar-refractivity contribution is 7.92. The highest BCUT2D eigenvalue weighted by Crippen LogP contribution is 2.26. The summed E-state index contributed by atoms with van der Waals surface area (Å²) in [6.07, 6.45) is 1.48. The standard InChI is InChI=1S/C19H22N4O4S2/c1-10-5-6-13(9-14(10)23-29(4,26)27)20-16(24)8-7-15-21-18(25)17-11(2)12(3)28-19(17)22-15/h5-6,9,23H,7-8H2,1-4H3,(H,20,24)(H,21,22,25). The zero-order chi connectivity index (χ0) is 21.3. The van der Waals surface area contributed by atoms with Crippen LogP contribution in [0.15, 0.2) is 23.0 Å². The molecule has 1 aromatic carbocycles. The maximum atomic E-state index is 12.3. The van der Waals surface area contributed by atoms with E-state index in [4.69, 9.17) is 0 Å². The summed E-state index contributed by atoms with van der Waals surface area (Å²) < 4.78 is 25.3. The smallest absolute Gasteiger partial charge is 0.259 e. The highest BCUT2D eigenvalue weighted by Gasteiger charge is 2.13. The molecule has 0 atom stereocenters. The summed E-state index contributed by atoms with van der Waals surface area (Å²) in [6.45, 7) is 5.61. The number of aryl methyl sites for hydroxylation is 4. The average Bonchev–Trinajstić information content (AvgIpc) is 2.89. The van der Waals surface area contributed by atoms with Crippen LogP contribution >= 0.6 is 11.3 Å². The molecule has 29 heavy (non-hydrogen) atoms. The lowest BCUT2D eigenvalue weighted by atomic mass is 10.2. The van der Waals surface area contributed by atoms with Gasteiger partial charge in [0.2, 0.25) is 15.9 Å². The van der Waals surface area contributed by atoms with Crippen molar-refractivity contribution in [2.75, 3.05) is 16.3 Å². The van der Waals surface area contributed by atoms with Gasteiger partial charge in [0.1, 0.15) is 10.7 Å². The average molecular weight is 435 g/mol. The number of amides is 1. The third-order valence-electron chi connectivity index (χ3n) is 4.49. The number of nitrogens with zero attached hydrogens (tertiary/aromatic N) is 1. The van der Waals surface area contributed by atoms with Crippen molar-refractivity contribution in [3.63, 3.8) is 0 Å². The van der Waals surface area contributed by atoms with Crippen LogP contribution in [0.25, 0.3) is 10.2 Å². The van der Waals surface area contributed by atoms with E-state index >= 15 is 0 Å². The number of benzene rings is 1. The van der Waals surface area contributed by atoms with E-state index in [-0.39, 0.29) is 24.3 Å². The van der Waals surface area contributed by atoms with E-state index in [0.29, 0.717) is 27.4 Å². The molecule has 3 N–H and O–H groups in total. The molecule has 8 nitrogen and oxygen atoms in total. The van der Waals surface area contributed by atoms with Gasteiger partial charge in [0.05, 0.1) is 17.3 Å². The monoisotopic (exact) mass is 434 g/mol. The maximum absolute atomic E-state index is 12.3. The number of rotatable bonds is 6. The lowest BCUT2D eigenvalue weighted by Gasteiger charge is -2.11. The molecule has 0 unspecified atom stereocenters. The first kappa shape index (κ1) is 21.0. The number of hydrogen-bond donors (Lipinski definition) is 3. The van der Waals surface area contributed by atoms with Crippen molar-refractivity contribution < 1.29 is 13.2 Å². The fourth-order valence-corrected chi connectivity index (χ4v) is 4.55. The van der Waals surface area contributed by atoms with Crippen LogP contribution in [-0.4, -0.2) is 30.5 Å². The molecule has 3 rings (SSSR count). The van der Waals surface area contributed by atoms with Crippen LogP contribution in [0, 0.1) is 20.8 Å². The molecule has 1 amide bonds. The van der Waals surface area contributed by atoms with Gasteiger partial charge in [-0.1, -0.05) is 6.07 Å². The molecule has 0 saturated heterocycles. The van der Waals surface area contributed by atoms with Gasteiger partial charge >= 0.3 is 0 Å². The number of carbonyl (C=O) groups excluding carboxylic acids is 1. The van der Waals surface area contributed by atoms with Gasteiger partial charge in [0.25, 0.3) is 5.56 Å². The van der Waals surface area contributed by atoms with Crippen LogP contribution in [0.4, 0.5) is 11.4 Å². The van der Waals surface area contributed by atoms with Crippen LogP contribution in [0.5, 0.6) is 0 Å². The van der Waals surface area contributed by atoms with Crippen molar-refractivity contribution in [3.05, 3.63) is 50.4 Å². The molecule has 0 radical (unpaired) electrons. The van der Waals surface area contributed by atoms with Gasteiger partial charge in [0.15, 0.2) is 0 Å². The summed E-state index contributed by atoms with van der Waals surface area (Å²) in [5.41, 5.74) is 2.37. The molecule has 0 aliphatic carbocycles. The zero-order valence-electron chi connectivity index (χ0n) is 16.5. The first-order valence-corrected chi connectivity index (χ1v) is 11.6. The van der Waals surface area contributed by atoms with E-state index in [1.54, 1.807) is 25.1 Å². The number of aromatic amines is 1. The number of thiophene rings is 1. The predicted molar refractivity (Wildman–Crippen MR) is 116 cm³/mol. The first-order valence-electron chi connectivity index (χ1n) is 8.90. The molecular formula is C19H22N4O4S2. The molecule has 0 aliphatic heterocycles. The number of H-pyrrole nitrogens is 1. The second-order valence-electron chi connectivity index (χ2n) is 6.93. The summed E-state index contributed by atoms with van der Waals surface area (Å²) in [5.74, 6) is 0.197. The fraction of sp³-hybridized carbons (Fsp3) is 0.316. The number of carbonyl (C=O) groups is 1. The van der Waals surface area contributed by atoms with Crippen LogP contribution in [0.3, 0.4) is 0 Å². The third kappa shape index (κ3) is 5.01. The lowest BCUT2D eigenvalue weighted by Crippen LogP contribution is -2.16. The second-order valence-corrected chi connectivity index (χ2v) is 9.88. The Balaban J connectivity index is 1.70. The van der Waals surface area contributed by atoms with E-state index in [1.807, 2.05) is 13.8 Å². The quantitative estimate of drug-likeness (QED) is 0.551. The summed E-state index contributed by atoms with van der Waals surface area (Å²) in [5, 5.41) is 3.34. The lowest BCUT2D eigenvalue weighted by molar-refractivity contribution is -0.116. The van der Waals surface area contributed by atoms with Crippen LogP contribution in [-0.2, 0) is 21.2 Å². The number of nitrogens with one attached hydrogen (secondary N) is 3.